The Hall–Kier alpha value is -4.94. The number of hydrogen-bond acceptors (Lipinski definition) is 15. The van der Waals surface area contributed by atoms with Gasteiger partial charge in [-0.2, -0.15) is 24.9 Å². The first-order chi connectivity index (χ1) is 25.1. The smallest absolute Gasteiger partial charge is 0.490 e. The van der Waals surface area contributed by atoms with Crippen LogP contribution < -0.4 is 16.4 Å². The summed E-state index contributed by atoms with van der Waals surface area (Å²) in [6.45, 7) is 2.72. The lowest BCUT2D eigenvalue weighted by Gasteiger charge is -2.49. The molecule has 0 unspecified atom stereocenters. The van der Waals surface area contributed by atoms with Gasteiger partial charge in [-0.3, -0.25) is 19.3 Å². The Balaban J connectivity index is 0.00000102. The van der Waals surface area contributed by atoms with Gasteiger partial charge in [0, 0.05) is 23.4 Å². The molecule has 1 fully saturated rings. The van der Waals surface area contributed by atoms with Crippen molar-refractivity contribution in [3.63, 3.8) is 0 Å². The number of aliphatic carboxylic acids is 3. The molecular weight excluding hydrogens is 813 g/mol. The number of thiazole rings is 1. The van der Waals surface area contributed by atoms with Gasteiger partial charge in [-0.25, -0.2) is 19.4 Å². The average Bonchev–Trinajstić information content (AvgIpc) is 3.52. The largest absolute Gasteiger partial charge is 0.504 e. The molecule has 294 valence electrons. The summed E-state index contributed by atoms with van der Waals surface area (Å²) in [5.41, 5.74) is 3.83. The number of amides is 3. The van der Waals surface area contributed by atoms with E-state index in [1.165, 1.54) is 48.8 Å². The van der Waals surface area contributed by atoms with E-state index in [-0.39, 0.29) is 39.4 Å². The Morgan fingerprint density at radius 3 is 2.35 bits per heavy atom. The van der Waals surface area contributed by atoms with Gasteiger partial charge in [0.2, 0.25) is 5.60 Å². The zero-order valence-corrected chi connectivity index (χ0v) is 30.9. The molecule has 0 radical (unpaired) electrons. The van der Waals surface area contributed by atoms with Crippen LogP contribution in [-0.2, 0) is 28.8 Å². The lowest BCUT2D eigenvalue weighted by atomic mass is 10.0. The Kier molecular flexibility index (Phi) is 14.4. The number of aromatic nitrogens is 1. The number of hydrogen-bond donors (Lipinski definition) is 8. The van der Waals surface area contributed by atoms with Gasteiger partial charge >= 0.3 is 24.1 Å². The molecule has 2 aromatic rings. The Morgan fingerprint density at radius 2 is 1.80 bits per heavy atom. The number of carboxylic acid groups (broad SMARTS) is 3. The molecule has 1 aromatic heterocycles. The van der Waals surface area contributed by atoms with Crippen molar-refractivity contribution in [1.82, 2.24) is 20.5 Å². The molecule has 25 heteroatoms. The van der Waals surface area contributed by atoms with Crippen LogP contribution in [-0.4, -0.2) is 124 Å². The maximum absolute atomic E-state index is 13.2. The number of β-lactam (4-membered cyclic amide) rings is 1. The molecule has 0 spiro atoms. The van der Waals surface area contributed by atoms with Crippen molar-refractivity contribution in [2.24, 2.45) is 5.16 Å². The fraction of sp³-hybridized carbons (Fsp3) is 0.379. The van der Waals surface area contributed by atoms with Gasteiger partial charge in [0.25, 0.3) is 17.7 Å². The normalized spacial score (nSPS) is 17.0. The lowest BCUT2D eigenvalue weighted by molar-refractivity contribution is -0.192. The number of nitrogen functional groups attached to an aromatic ring is 1. The van der Waals surface area contributed by atoms with E-state index in [4.69, 9.17) is 32.1 Å². The highest BCUT2D eigenvalue weighted by molar-refractivity contribution is 8.01. The zero-order chi connectivity index (χ0) is 40.7. The predicted molar refractivity (Wildman–Crippen MR) is 188 cm³/mol. The van der Waals surface area contributed by atoms with Crippen LogP contribution in [0, 0.1) is 0 Å². The molecule has 0 saturated carbocycles. The molecule has 1 saturated heterocycles. The van der Waals surface area contributed by atoms with Gasteiger partial charge in [0.15, 0.2) is 22.3 Å². The summed E-state index contributed by atoms with van der Waals surface area (Å²) in [7, 11) is 0. The number of aromatic hydroxyl groups is 2. The number of carbonyl (C=O) groups excluding carboxylic acids is 3. The molecule has 1 aromatic carbocycles. The summed E-state index contributed by atoms with van der Waals surface area (Å²) >= 11 is 9.60. The summed E-state index contributed by atoms with van der Waals surface area (Å²) in [5, 5.41) is 55.0. The van der Waals surface area contributed by atoms with Crippen LogP contribution in [0.3, 0.4) is 0 Å². The SMILES string of the molecule is CC(C)(O/N=C(\C(=O)N[C@@H]1C(=O)N2C(C(=O)O)=C(CSCCCNC(=O)c3ccc(O)c(O)c3Cl)CS[C@H]12)c1csc(N)n1)C(=O)O.O=C(O)C(F)(F)F. The topological polar surface area (TPSA) is 291 Å². The number of nitrogens with two attached hydrogens (primary N) is 1. The van der Waals surface area contributed by atoms with E-state index in [0.29, 0.717) is 23.5 Å². The van der Waals surface area contributed by atoms with Crippen molar-refractivity contribution in [2.75, 3.05) is 29.5 Å². The second kappa shape index (κ2) is 17.9. The molecule has 2 atom stereocenters. The Morgan fingerprint density at radius 1 is 1.15 bits per heavy atom. The van der Waals surface area contributed by atoms with Gasteiger partial charge in [0.1, 0.15) is 22.8 Å². The van der Waals surface area contributed by atoms with Crippen molar-refractivity contribution in [2.45, 2.75) is 43.5 Å². The number of carboxylic acids is 3. The quantitative estimate of drug-likeness (QED) is 0.0445. The van der Waals surface area contributed by atoms with E-state index < -0.39 is 76.0 Å². The number of fused-ring (bicyclic) bond motifs is 1. The van der Waals surface area contributed by atoms with Crippen molar-refractivity contribution in [3.8, 4) is 11.5 Å². The number of carbonyl (C=O) groups is 6. The molecule has 18 nitrogen and oxygen atoms in total. The average molecular weight is 843 g/mol. The molecule has 3 amide bonds. The molecule has 2 aliphatic rings. The number of thioether (sulfide) groups is 2. The lowest BCUT2D eigenvalue weighted by Crippen LogP contribution is -2.71. The third kappa shape index (κ3) is 10.6. The molecule has 3 heterocycles. The van der Waals surface area contributed by atoms with Gasteiger partial charge in [-0.1, -0.05) is 16.8 Å². The van der Waals surface area contributed by atoms with Crippen LogP contribution >= 0.6 is 46.5 Å². The molecule has 2 aliphatic heterocycles. The highest BCUT2D eigenvalue weighted by Crippen LogP contribution is 2.41. The number of nitrogens with one attached hydrogen (secondary N) is 2. The van der Waals surface area contributed by atoms with E-state index in [1.807, 2.05) is 0 Å². The van der Waals surface area contributed by atoms with E-state index >= 15 is 0 Å². The number of phenolic OH excluding ortho intramolecular Hbond substituents is 2. The Bertz CT molecular complexity index is 1890. The molecule has 4 rings (SSSR count). The molecule has 9 N–H and O–H groups in total. The maximum atomic E-state index is 13.2. The van der Waals surface area contributed by atoms with Crippen molar-refractivity contribution in [3.05, 3.63) is 45.1 Å². The fourth-order valence-corrected chi connectivity index (χ4v) is 7.45. The van der Waals surface area contributed by atoms with Crippen LogP contribution in [0.2, 0.25) is 5.02 Å². The number of benzene rings is 1. The Labute approximate surface area is 319 Å². The molecule has 54 heavy (non-hydrogen) atoms. The minimum absolute atomic E-state index is 0.000161. The van der Waals surface area contributed by atoms with Crippen LogP contribution in [0.4, 0.5) is 18.3 Å². The molecule has 0 aliphatic carbocycles. The number of rotatable bonds is 14. The number of anilines is 1. The number of halogens is 4. The zero-order valence-electron chi connectivity index (χ0n) is 27.7. The van der Waals surface area contributed by atoms with Gasteiger partial charge in [-0.15, -0.1) is 23.1 Å². The van der Waals surface area contributed by atoms with Gasteiger partial charge < -0.3 is 46.7 Å². The van der Waals surface area contributed by atoms with Gasteiger partial charge in [0.05, 0.1) is 10.6 Å². The van der Waals surface area contributed by atoms with Crippen LogP contribution in [0.25, 0.3) is 0 Å². The van der Waals surface area contributed by atoms with E-state index in [1.54, 1.807) is 0 Å². The minimum Gasteiger partial charge on any atom is -0.504 e. The highest BCUT2D eigenvalue weighted by Gasteiger charge is 2.54. The molecule has 0 bridgehead atoms. The summed E-state index contributed by atoms with van der Waals surface area (Å²) in [4.78, 5) is 81.5. The van der Waals surface area contributed by atoms with E-state index in [9.17, 15) is 57.6 Å². The number of oxime groups is 1. The van der Waals surface area contributed by atoms with E-state index in [0.717, 1.165) is 22.3 Å². The van der Waals surface area contributed by atoms with Crippen LogP contribution in [0.5, 0.6) is 11.5 Å². The minimum atomic E-state index is -5.08. The second-order valence-electron chi connectivity index (χ2n) is 11.3. The van der Waals surface area contributed by atoms with Crippen molar-refractivity contribution in [1.29, 1.82) is 0 Å². The first-order valence-corrected chi connectivity index (χ1v) is 18.3. The van der Waals surface area contributed by atoms with Gasteiger partial charge in [-0.05, 0) is 43.7 Å². The fourth-order valence-electron chi connectivity index (χ4n) is 4.20. The standard InChI is InChI=1S/C27H29ClN6O10S3.C2HF3O2/c1-27(2,25(42)43)44-33-16(13-10-47-26(29)31-13)21(38)32-17-22(39)34-18(24(40)41)11(9-46-23(17)34)8-45-7-3-6-30-20(37)12-4-5-14(35)19(36)15(12)28;3-2(4,5)1(6)7/h4-5,10,17,23,35-36H,3,6-9H2,1-2H3,(H2,29,31)(H,30,37)(H,32,38)(H,40,41)(H,42,43);(H,6,7)/b33-16-;/t17-,23-;/m1./s1. The molecular formula is C29H30ClF3N6O12S3. The predicted octanol–water partition coefficient (Wildman–Crippen LogP) is 2.30. The summed E-state index contributed by atoms with van der Waals surface area (Å²) in [5.74, 6) is -7.41. The third-order valence-corrected chi connectivity index (χ3v) is 10.5. The maximum Gasteiger partial charge on any atom is 0.490 e. The second-order valence-corrected chi connectivity index (χ2v) is 14.8. The first-order valence-electron chi connectivity index (χ1n) is 14.9. The van der Waals surface area contributed by atoms with Crippen LogP contribution in [0.1, 0.15) is 36.3 Å². The summed E-state index contributed by atoms with van der Waals surface area (Å²) in [6, 6.07) is 1.33. The van der Waals surface area contributed by atoms with E-state index in [2.05, 4.69) is 20.8 Å². The highest BCUT2D eigenvalue weighted by atomic mass is 35.5. The van der Waals surface area contributed by atoms with Crippen molar-refractivity contribution < 1.29 is 72.3 Å². The summed E-state index contributed by atoms with van der Waals surface area (Å²) in [6.07, 6.45) is -4.57. The number of phenols is 2. The van der Waals surface area contributed by atoms with Crippen LogP contribution in [0.15, 0.2) is 33.9 Å². The third-order valence-electron chi connectivity index (χ3n) is 7.01. The summed E-state index contributed by atoms with van der Waals surface area (Å²) < 4.78 is 31.7. The number of alkyl halides is 3. The monoisotopic (exact) mass is 842 g/mol. The number of nitrogens with zero attached hydrogens (tertiary/aromatic N) is 3. The van der Waals surface area contributed by atoms with Crippen molar-refractivity contribution >= 4 is 92.9 Å². The first kappa shape index (κ1) is 43.5.